The zero-order valence-electron chi connectivity index (χ0n) is 12.2. The Kier molecular flexibility index (Phi) is 4.75. The number of nitrogens with zero attached hydrogens (tertiary/aromatic N) is 1. The maximum absolute atomic E-state index is 6.15. The Morgan fingerprint density at radius 2 is 2.11 bits per heavy atom. The number of hydrogen-bond acceptors (Lipinski definition) is 2. The smallest absolute Gasteiger partial charge is 0.0410 e. The lowest BCUT2D eigenvalue weighted by molar-refractivity contribution is 0.491. The molecule has 2 atom stereocenters. The molecule has 0 aromatic heterocycles. The summed E-state index contributed by atoms with van der Waals surface area (Å²) in [5.74, 6) is 0.682. The Morgan fingerprint density at radius 3 is 2.74 bits per heavy atom. The predicted molar refractivity (Wildman–Crippen MR) is 84.0 cm³/mol. The summed E-state index contributed by atoms with van der Waals surface area (Å²) >= 11 is 6.15. The number of hydrogen-bond donors (Lipinski definition) is 1. The summed E-state index contributed by atoms with van der Waals surface area (Å²) in [6.07, 6.45) is 3.46. The highest BCUT2D eigenvalue weighted by molar-refractivity contribution is 6.30. The molecule has 3 heteroatoms. The molecule has 1 aliphatic heterocycles. The molecule has 2 rings (SSSR count). The average Bonchev–Trinajstić information content (AvgIpc) is 2.77. The van der Waals surface area contributed by atoms with Gasteiger partial charge in [-0.05, 0) is 55.9 Å². The molecule has 1 saturated heterocycles. The summed E-state index contributed by atoms with van der Waals surface area (Å²) in [7, 11) is 0. The van der Waals surface area contributed by atoms with Crippen molar-refractivity contribution in [2.75, 3.05) is 11.4 Å². The first-order valence-electron chi connectivity index (χ1n) is 7.29. The molecule has 0 bridgehead atoms. The third kappa shape index (κ3) is 3.43. The molecule has 0 spiro atoms. The largest absolute Gasteiger partial charge is 0.368 e. The monoisotopic (exact) mass is 280 g/mol. The summed E-state index contributed by atoms with van der Waals surface area (Å²) < 4.78 is 0. The highest BCUT2D eigenvalue weighted by Gasteiger charge is 2.28. The van der Waals surface area contributed by atoms with E-state index in [1.165, 1.54) is 24.1 Å². The van der Waals surface area contributed by atoms with Crippen molar-refractivity contribution in [3.05, 3.63) is 28.8 Å². The topological polar surface area (TPSA) is 29.3 Å². The van der Waals surface area contributed by atoms with E-state index < -0.39 is 0 Å². The lowest BCUT2D eigenvalue weighted by atomic mass is 9.99. The standard InChI is InChI=1S/C16H25ClN2/c1-11(2)15-5-4-8-19(15)16-7-6-14(17)10-13(16)9-12(3)18/h6-7,10-12,15H,4-5,8-9,18H2,1-3H3. The summed E-state index contributed by atoms with van der Waals surface area (Å²) in [6.45, 7) is 7.82. The molecule has 2 unspecified atom stereocenters. The van der Waals surface area contributed by atoms with Crippen molar-refractivity contribution >= 4 is 17.3 Å². The summed E-state index contributed by atoms with van der Waals surface area (Å²) in [6, 6.07) is 7.05. The second kappa shape index (κ2) is 6.15. The minimum absolute atomic E-state index is 0.164. The van der Waals surface area contributed by atoms with Gasteiger partial charge in [0, 0.05) is 29.3 Å². The van der Waals surface area contributed by atoms with Gasteiger partial charge < -0.3 is 10.6 Å². The van der Waals surface area contributed by atoms with Crippen molar-refractivity contribution in [2.24, 2.45) is 11.7 Å². The summed E-state index contributed by atoms with van der Waals surface area (Å²) in [5.41, 5.74) is 8.59. The second-order valence-corrected chi connectivity index (χ2v) is 6.54. The van der Waals surface area contributed by atoms with Crippen LogP contribution in [0.2, 0.25) is 5.02 Å². The number of benzene rings is 1. The van der Waals surface area contributed by atoms with Gasteiger partial charge in [0.2, 0.25) is 0 Å². The highest BCUT2D eigenvalue weighted by Crippen LogP contribution is 2.33. The van der Waals surface area contributed by atoms with Crippen molar-refractivity contribution in [2.45, 2.75) is 52.1 Å². The fraction of sp³-hybridized carbons (Fsp3) is 0.625. The van der Waals surface area contributed by atoms with Gasteiger partial charge in [0.1, 0.15) is 0 Å². The van der Waals surface area contributed by atoms with E-state index in [2.05, 4.69) is 37.8 Å². The normalized spacial score (nSPS) is 21.2. The van der Waals surface area contributed by atoms with E-state index in [0.717, 1.165) is 18.0 Å². The number of rotatable bonds is 4. The molecule has 106 valence electrons. The van der Waals surface area contributed by atoms with Gasteiger partial charge in [0.15, 0.2) is 0 Å². The Bertz CT molecular complexity index is 429. The van der Waals surface area contributed by atoms with E-state index >= 15 is 0 Å². The molecule has 0 radical (unpaired) electrons. The van der Waals surface area contributed by atoms with Crippen LogP contribution >= 0.6 is 11.6 Å². The Labute approximate surface area is 121 Å². The molecule has 2 N–H and O–H groups in total. The Morgan fingerprint density at radius 1 is 1.37 bits per heavy atom. The van der Waals surface area contributed by atoms with Gasteiger partial charge in [-0.15, -0.1) is 0 Å². The van der Waals surface area contributed by atoms with E-state index in [-0.39, 0.29) is 6.04 Å². The molecule has 0 saturated carbocycles. The molecule has 19 heavy (non-hydrogen) atoms. The number of nitrogens with two attached hydrogens (primary N) is 1. The van der Waals surface area contributed by atoms with Crippen LogP contribution in [0.5, 0.6) is 0 Å². The minimum atomic E-state index is 0.164. The van der Waals surface area contributed by atoms with Crippen LogP contribution in [0, 0.1) is 5.92 Å². The van der Waals surface area contributed by atoms with Gasteiger partial charge in [0.25, 0.3) is 0 Å². The highest BCUT2D eigenvalue weighted by atomic mass is 35.5. The predicted octanol–water partition coefficient (Wildman–Crippen LogP) is 3.85. The third-order valence-corrected chi connectivity index (χ3v) is 4.20. The maximum Gasteiger partial charge on any atom is 0.0410 e. The molecule has 1 aliphatic rings. The Balaban J connectivity index is 2.32. The molecule has 0 aliphatic carbocycles. The van der Waals surface area contributed by atoms with E-state index in [4.69, 9.17) is 17.3 Å². The van der Waals surface area contributed by atoms with Crippen molar-refractivity contribution < 1.29 is 0 Å². The van der Waals surface area contributed by atoms with E-state index in [1.807, 2.05) is 6.07 Å². The molecular weight excluding hydrogens is 256 g/mol. The van der Waals surface area contributed by atoms with Gasteiger partial charge in [-0.25, -0.2) is 0 Å². The second-order valence-electron chi connectivity index (χ2n) is 6.10. The van der Waals surface area contributed by atoms with E-state index in [1.54, 1.807) is 0 Å². The van der Waals surface area contributed by atoms with Crippen molar-refractivity contribution in [1.29, 1.82) is 0 Å². The Hall–Kier alpha value is -0.730. The van der Waals surface area contributed by atoms with Crippen molar-refractivity contribution in [3.8, 4) is 0 Å². The van der Waals surface area contributed by atoms with Gasteiger partial charge in [0.05, 0.1) is 0 Å². The molecular formula is C16H25ClN2. The molecule has 2 nitrogen and oxygen atoms in total. The zero-order valence-corrected chi connectivity index (χ0v) is 13.0. The van der Waals surface area contributed by atoms with Gasteiger partial charge >= 0.3 is 0 Å². The minimum Gasteiger partial charge on any atom is -0.368 e. The van der Waals surface area contributed by atoms with E-state index in [0.29, 0.717) is 12.0 Å². The van der Waals surface area contributed by atoms with Gasteiger partial charge in [-0.3, -0.25) is 0 Å². The molecule has 1 heterocycles. The first kappa shape index (κ1) is 14.7. The van der Waals surface area contributed by atoms with Crippen LogP contribution in [-0.2, 0) is 6.42 Å². The van der Waals surface area contributed by atoms with Crippen LogP contribution in [0.4, 0.5) is 5.69 Å². The quantitative estimate of drug-likeness (QED) is 0.908. The van der Waals surface area contributed by atoms with Gasteiger partial charge in [-0.1, -0.05) is 25.4 Å². The first-order chi connectivity index (χ1) is 8.99. The number of anilines is 1. The average molecular weight is 281 g/mol. The van der Waals surface area contributed by atoms with Crippen LogP contribution < -0.4 is 10.6 Å². The van der Waals surface area contributed by atoms with Crippen LogP contribution in [0.25, 0.3) is 0 Å². The SMILES string of the molecule is CC(N)Cc1cc(Cl)ccc1N1CCCC1C(C)C. The maximum atomic E-state index is 6.15. The lowest BCUT2D eigenvalue weighted by Crippen LogP contribution is -2.34. The lowest BCUT2D eigenvalue weighted by Gasteiger charge is -2.32. The fourth-order valence-corrected chi connectivity index (χ4v) is 3.32. The van der Waals surface area contributed by atoms with Crippen molar-refractivity contribution in [3.63, 3.8) is 0 Å². The molecule has 0 amide bonds. The van der Waals surface area contributed by atoms with Crippen LogP contribution in [0.3, 0.4) is 0 Å². The molecule has 1 aromatic carbocycles. The fourth-order valence-electron chi connectivity index (χ4n) is 3.13. The zero-order chi connectivity index (χ0) is 14.0. The van der Waals surface area contributed by atoms with Gasteiger partial charge in [-0.2, -0.15) is 0 Å². The van der Waals surface area contributed by atoms with E-state index in [9.17, 15) is 0 Å². The molecule has 1 fully saturated rings. The first-order valence-corrected chi connectivity index (χ1v) is 7.67. The van der Waals surface area contributed by atoms with Crippen molar-refractivity contribution in [1.82, 2.24) is 0 Å². The summed E-state index contributed by atoms with van der Waals surface area (Å²) in [4.78, 5) is 2.55. The van der Waals surface area contributed by atoms with Crippen LogP contribution in [-0.4, -0.2) is 18.6 Å². The number of halogens is 1. The molecule has 1 aromatic rings. The third-order valence-electron chi connectivity index (χ3n) is 3.96. The summed E-state index contributed by atoms with van der Waals surface area (Å²) in [5, 5.41) is 0.805. The van der Waals surface area contributed by atoms with Crippen LogP contribution in [0.1, 0.15) is 39.2 Å². The van der Waals surface area contributed by atoms with Crippen LogP contribution in [0.15, 0.2) is 18.2 Å².